The number of unbranched alkanes of at least 4 members (excludes halogenated alkanes) is 33. The van der Waals surface area contributed by atoms with Crippen molar-refractivity contribution in [1.29, 1.82) is 0 Å². The molecule has 62 heavy (non-hydrogen) atoms. The number of ether oxygens (including phenoxy) is 1. The van der Waals surface area contributed by atoms with Gasteiger partial charge in [-0.15, -0.1) is 0 Å². The zero-order valence-electron chi connectivity index (χ0n) is 41.4. The molecule has 0 aromatic carbocycles. The molecule has 0 aliphatic rings. The van der Waals surface area contributed by atoms with E-state index in [0.717, 1.165) is 51.4 Å². The molecule has 0 aliphatic heterocycles. The van der Waals surface area contributed by atoms with Crippen molar-refractivity contribution in [3.8, 4) is 0 Å². The summed E-state index contributed by atoms with van der Waals surface area (Å²) in [5, 5.41) is 23.1. The largest absolute Gasteiger partial charge is 0.465 e. The lowest BCUT2D eigenvalue weighted by Gasteiger charge is -2.22. The summed E-state index contributed by atoms with van der Waals surface area (Å²) in [6.45, 7) is 4.81. The van der Waals surface area contributed by atoms with Gasteiger partial charge >= 0.3 is 5.97 Å². The number of carbonyl (C=O) groups is 2. The molecule has 0 saturated heterocycles. The number of hydrogen-bond donors (Lipinski definition) is 3. The minimum absolute atomic E-state index is 0.0428. The summed E-state index contributed by atoms with van der Waals surface area (Å²) >= 11 is 0. The number of nitrogens with one attached hydrogen (secondary N) is 1. The van der Waals surface area contributed by atoms with Crippen LogP contribution < -0.4 is 5.32 Å². The molecule has 0 saturated carbocycles. The number of hydrogen-bond acceptors (Lipinski definition) is 5. The van der Waals surface area contributed by atoms with Crippen LogP contribution in [-0.4, -0.2) is 47.4 Å². The number of rotatable bonds is 50. The molecule has 0 aromatic rings. The van der Waals surface area contributed by atoms with Crippen LogP contribution in [0.5, 0.6) is 0 Å². The van der Waals surface area contributed by atoms with Crippen LogP contribution in [0.1, 0.15) is 284 Å². The second kappa shape index (κ2) is 51.7. The Kier molecular flexibility index (Phi) is 50.1. The van der Waals surface area contributed by atoms with Crippen molar-refractivity contribution >= 4 is 11.9 Å². The Morgan fingerprint density at radius 1 is 0.452 bits per heavy atom. The molecular weight excluding hydrogens is 767 g/mol. The van der Waals surface area contributed by atoms with E-state index in [9.17, 15) is 19.8 Å². The molecule has 2 unspecified atom stereocenters. The van der Waals surface area contributed by atoms with Crippen molar-refractivity contribution in [1.82, 2.24) is 5.32 Å². The molecule has 0 fully saturated rings. The molecule has 3 N–H and O–H groups in total. The Balaban J connectivity index is 3.44. The molecule has 0 radical (unpaired) electrons. The Morgan fingerprint density at radius 2 is 0.806 bits per heavy atom. The van der Waals surface area contributed by atoms with Crippen molar-refractivity contribution in [2.24, 2.45) is 0 Å². The zero-order chi connectivity index (χ0) is 45.1. The summed E-state index contributed by atoms with van der Waals surface area (Å²) < 4.78 is 5.41. The normalized spacial score (nSPS) is 12.9. The van der Waals surface area contributed by atoms with Gasteiger partial charge in [0.2, 0.25) is 5.91 Å². The molecule has 0 aliphatic carbocycles. The van der Waals surface area contributed by atoms with E-state index >= 15 is 0 Å². The molecule has 1 amide bonds. The smallest absolute Gasteiger partial charge is 0.305 e. The van der Waals surface area contributed by atoms with Gasteiger partial charge in [0.25, 0.3) is 0 Å². The predicted molar refractivity (Wildman–Crippen MR) is 269 cm³/mol. The molecule has 6 heteroatoms. The SMILES string of the molecule is CCCCCCCC/C=C\CCCCCCCC(=O)OCC/C=C\C/C=C\CCCCCCCCCCCCCCCCC(=O)NC(CO)C(O)CCCCCCCCCCC. The Morgan fingerprint density at radius 3 is 1.24 bits per heavy atom. The quantitative estimate of drug-likeness (QED) is 0.0321. The zero-order valence-corrected chi connectivity index (χ0v) is 41.4. The van der Waals surface area contributed by atoms with Crippen LogP contribution in [0.25, 0.3) is 0 Å². The van der Waals surface area contributed by atoms with E-state index < -0.39 is 12.1 Å². The van der Waals surface area contributed by atoms with Crippen LogP contribution in [0.3, 0.4) is 0 Å². The molecule has 364 valence electrons. The van der Waals surface area contributed by atoms with E-state index in [1.807, 2.05) is 0 Å². The van der Waals surface area contributed by atoms with Crippen LogP contribution in [-0.2, 0) is 14.3 Å². The highest BCUT2D eigenvalue weighted by Gasteiger charge is 2.20. The highest BCUT2D eigenvalue weighted by molar-refractivity contribution is 5.76. The maximum absolute atomic E-state index is 12.4. The summed E-state index contributed by atoms with van der Waals surface area (Å²) in [4.78, 5) is 24.4. The number of carbonyl (C=O) groups excluding carboxylic acids is 2. The average Bonchev–Trinajstić information content (AvgIpc) is 3.27. The Bertz CT molecular complexity index is 1010. The molecular formula is C56H105NO5. The lowest BCUT2D eigenvalue weighted by atomic mass is 10.0. The first-order valence-corrected chi connectivity index (χ1v) is 27.2. The van der Waals surface area contributed by atoms with Crippen molar-refractivity contribution in [2.45, 2.75) is 296 Å². The fourth-order valence-electron chi connectivity index (χ4n) is 8.24. The first-order chi connectivity index (χ1) is 30.5. The van der Waals surface area contributed by atoms with Gasteiger partial charge in [0.1, 0.15) is 0 Å². The topological polar surface area (TPSA) is 95.9 Å². The van der Waals surface area contributed by atoms with E-state index in [2.05, 4.69) is 55.6 Å². The Labute approximate surface area is 385 Å². The highest BCUT2D eigenvalue weighted by Crippen LogP contribution is 2.16. The van der Waals surface area contributed by atoms with Crippen molar-refractivity contribution in [2.75, 3.05) is 13.2 Å². The summed E-state index contributed by atoms with van der Waals surface area (Å²) in [5.41, 5.74) is 0. The maximum Gasteiger partial charge on any atom is 0.305 e. The van der Waals surface area contributed by atoms with Crippen molar-refractivity contribution < 1.29 is 24.5 Å². The predicted octanol–water partition coefficient (Wildman–Crippen LogP) is 16.5. The lowest BCUT2D eigenvalue weighted by molar-refractivity contribution is -0.143. The third-order valence-electron chi connectivity index (χ3n) is 12.4. The first-order valence-electron chi connectivity index (χ1n) is 27.2. The monoisotopic (exact) mass is 872 g/mol. The van der Waals surface area contributed by atoms with Crippen molar-refractivity contribution in [3.63, 3.8) is 0 Å². The standard InChI is InChI=1S/C56H105NO5/c1-3-5-7-9-11-13-14-15-23-27-30-34-38-42-46-50-56(61)62-51-47-43-39-35-31-28-25-22-20-18-16-17-19-21-24-26-29-33-37-41-45-49-55(60)57-53(52-58)54(59)48-44-40-36-32-12-10-8-6-4-2/h15,23,28,31,39,43,53-54,58-59H,3-14,16-22,24-27,29-30,32-38,40-42,44-52H2,1-2H3,(H,57,60)/b23-15-,31-28-,43-39-. The van der Waals surface area contributed by atoms with E-state index in [1.54, 1.807) is 0 Å². The lowest BCUT2D eigenvalue weighted by Crippen LogP contribution is -2.45. The van der Waals surface area contributed by atoms with Gasteiger partial charge in [-0.25, -0.2) is 0 Å². The number of allylic oxidation sites excluding steroid dienone is 5. The fraction of sp³-hybridized carbons (Fsp3) is 0.857. The fourth-order valence-corrected chi connectivity index (χ4v) is 8.24. The first kappa shape index (κ1) is 60.1. The van der Waals surface area contributed by atoms with E-state index in [4.69, 9.17) is 4.74 Å². The van der Waals surface area contributed by atoms with E-state index in [1.165, 1.54) is 199 Å². The van der Waals surface area contributed by atoms with Gasteiger partial charge in [0.05, 0.1) is 25.4 Å². The molecule has 0 aromatic heterocycles. The molecule has 6 nitrogen and oxygen atoms in total. The van der Waals surface area contributed by atoms with Crippen LogP contribution in [0.4, 0.5) is 0 Å². The van der Waals surface area contributed by atoms with Gasteiger partial charge in [-0.2, -0.15) is 0 Å². The van der Waals surface area contributed by atoms with Gasteiger partial charge in [-0.05, 0) is 70.6 Å². The number of esters is 1. The van der Waals surface area contributed by atoms with Crippen LogP contribution in [0.15, 0.2) is 36.5 Å². The van der Waals surface area contributed by atoms with Gasteiger partial charge in [-0.1, -0.05) is 237 Å². The third-order valence-corrected chi connectivity index (χ3v) is 12.4. The molecule has 0 spiro atoms. The van der Waals surface area contributed by atoms with Crippen LogP contribution in [0.2, 0.25) is 0 Å². The summed E-state index contributed by atoms with van der Waals surface area (Å²) in [6.07, 6.45) is 62.9. The Hall–Kier alpha value is -1.92. The van der Waals surface area contributed by atoms with Crippen LogP contribution in [0, 0.1) is 0 Å². The van der Waals surface area contributed by atoms with Crippen molar-refractivity contribution in [3.05, 3.63) is 36.5 Å². The minimum atomic E-state index is -0.665. The van der Waals surface area contributed by atoms with Gasteiger partial charge in [0.15, 0.2) is 0 Å². The minimum Gasteiger partial charge on any atom is -0.465 e. The van der Waals surface area contributed by atoms with E-state index in [0.29, 0.717) is 25.9 Å². The second-order valence-electron chi connectivity index (χ2n) is 18.6. The molecule has 2 atom stereocenters. The second-order valence-corrected chi connectivity index (χ2v) is 18.6. The third kappa shape index (κ3) is 47.6. The summed E-state index contributed by atoms with van der Waals surface area (Å²) in [7, 11) is 0. The molecule has 0 heterocycles. The van der Waals surface area contributed by atoms with Gasteiger partial charge < -0.3 is 20.3 Å². The molecule has 0 rings (SSSR count). The van der Waals surface area contributed by atoms with E-state index in [-0.39, 0.29) is 18.5 Å². The summed E-state index contributed by atoms with van der Waals surface area (Å²) in [6, 6.07) is -0.543. The van der Waals surface area contributed by atoms with Gasteiger partial charge in [-0.3, -0.25) is 9.59 Å². The number of aliphatic hydroxyl groups excluding tert-OH is 2. The van der Waals surface area contributed by atoms with Gasteiger partial charge in [0, 0.05) is 12.8 Å². The van der Waals surface area contributed by atoms with Crippen LogP contribution >= 0.6 is 0 Å². The maximum atomic E-state index is 12.4. The number of amides is 1. The average molecular weight is 872 g/mol. The number of aliphatic hydroxyl groups is 2. The highest BCUT2D eigenvalue weighted by atomic mass is 16.5. The molecule has 0 bridgehead atoms. The summed E-state index contributed by atoms with van der Waals surface area (Å²) in [5.74, 6) is -0.0864.